The number of hydrogen-bond acceptors (Lipinski definition) is 3. The molecule has 0 fully saturated rings. The molecule has 0 atom stereocenters. The van der Waals surface area contributed by atoms with Crippen molar-refractivity contribution >= 4 is 39.0 Å². The topological polar surface area (TPSA) is 75.3 Å². The molecule has 0 unspecified atom stereocenters. The molecule has 0 saturated carbocycles. The van der Waals surface area contributed by atoms with Gasteiger partial charge in [-0.2, -0.15) is 0 Å². The highest BCUT2D eigenvalue weighted by atomic mass is 79.9. The monoisotopic (exact) mass is 338 g/mol. The van der Waals surface area contributed by atoms with Crippen LogP contribution < -0.4 is 11.1 Å². The molecule has 0 saturated heterocycles. The second kappa shape index (κ2) is 5.50. The van der Waals surface area contributed by atoms with Crippen molar-refractivity contribution in [2.45, 2.75) is 6.92 Å². The van der Waals surface area contributed by atoms with Crippen LogP contribution in [0.5, 0.6) is 0 Å². The fourth-order valence-corrected chi connectivity index (χ4v) is 2.10. The number of halogens is 2. The van der Waals surface area contributed by atoms with Crippen molar-refractivity contribution in [1.82, 2.24) is 0 Å². The van der Waals surface area contributed by atoms with Gasteiger partial charge in [-0.05, 0) is 58.7 Å². The summed E-state index contributed by atoms with van der Waals surface area (Å²) in [5, 5.41) is 12.1. The lowest BCUT2D eigenvalue weighted by Crippen LogP contribution is -2.03. The second-order valence-electron chi connectivity index (χ2n) is 4.31. The van der Waals surface area contributed by atoms with E-state index in [4.69, 9.17) is 10.8 Å². The Labute approximate surface area is 123 Å². The average Bonchev–Trinajstić information content (AvgIpc) is 2.37. The molecule has 2 aromatic carbocycles. The SMILES string of the molecule is Cc1cc(F)c(Br)cc1Nc1ccc(N)c(C(=O)O)c1. The molecular weight excluding hydrogens is 327 g/mol. The minimum absolute atomic E-state index is 0.0221. The van der Waals surface area contributed by atoms with Gasteiger partial charge in [0.1, 0.15) is 5.82 Å². The zero-order chi connectivity index (χ0) is 14.9. The third-order valence-corrected chi connectivity index (χ3v) is 3.44. The molecule has 0 aromatic heterocycles. The molecule has 4 nitrogen and oxygen atoms in total. The Hall–Kier alpha value is -2.08. The number of benzene rings is 2. The van der Waals surface area contributed by atoms with E-state index in [9.17, 15) is 9.18 Å². The average molecular weight is 339 g/mol. The molecule has 0 aliphatic heterocycles. The zero-order valence-corrected chi connectivity index (χ0v) is 12.2. The molecule has 0 spiro atoms. The number of nitrogens with one attached hydrogen (secondary N) is 1. The van der Waals surface area contributed by atoms with E-state index >= 15 is 0 Å². The van der Waals surface area contributed by atoms with Crippen LogP contribution in [0.15, 0.2) is 34.8 Å². The van der Waals surface area contributed by atoms with Crippen LogP contribution in [0.1, 0.15) is 15.9 Å². The van der Waals surface area contributed by atoms with Gasteiger partial charge in [-0.3, -0.25) is 0 Å². The van der Waals surface area contributed by atoms with Crippen LogP contribution in [-0.4, -0.2) is 11.1 Å². The molecule has 20 heavy (non-hydrogen) atoms. The van der Waals surface area contributed by atoms with Gasteiger partial charge in [0.2, 0.25) is 0 Å². The number of aryl methyl sites for hydroxylation is 1. The molecule has 0 amide bonds. The highest BCUT2D eigenvalue weighted by Crippen LogP contribution is 2.28. The van der Waals surface area contributed by atoms with Gasteiger partial charge >= 0.3 is 5.97 Å². The van der Waals surface area contributed by atoms with Gasteiger partial charge in [0.05, 0.1) is 10.0 Å². The van der Waals surface area contributed by atoms with E-state index in [2.05, 4.69) is 21.2 Å². The molecule has 0 bridgehead atoms. The van der Waals surface area contributed by atoms with Gasteiger partial charge in [0.25, 0.3) is 0 Å². The Kier molecular flexibility index (Phi) is 3.94. The van der Waals surface area contributed by atoms with Gasteiger partial charge in [0.15, 0.2) is 0 Å². The summed E-state index contributed by atoms with van der Waals surface area (Å²) in [5.74, 6) is -1.44. The van der Waals surface area contributed by atoms with Crippen molar-refractivity contribution < 1.29 is 14.3 Å². The Balaban J connectivity index is 2.38. The third kappa shape index (κ3) is 2.91. The third-order valence-electron chi connectivity index (χ3n) is 2.83. The minimum atomic E-state index is -1.09. The summed E-state index contributed by atoms with van der Waals surface area (Å²) < 4.78 is 13.7. The molecule has 2 rings (SSSR count). The number of aromatic carboxylic acids is 1. The van der Waals surface area contributed by atoms with E-state index < -0.39 is 5.97 Å². The molecule has 4 N–H and O–H groups in total. The fourth-order valence-electron chi connectivity index (χ4n) is 1.76. The summed E-state index contributed by atoms with van der Waals surface area (Å²) in [4.78, 5) is 11.0. The van der Waals surface area contributed by atoms with Crippen molar-refractivity contribution in [3.63, 3.8) is 0 Å². The van der Waals surface area contributed by atoms with Crippen molar-refractivity contribution in [2.24, 2.45) is 0 Å². The van der Waals surface area contributed by atoms with Crippen LogP contribution in [0.4, 0.5) is 21.5 Å². The van der Waals surface area contributed by atoms with Gasteiger partial charge in [0, 0.05) is 17.1 Å². The van der Waals surface area contributed by atoms with E-state index in [1.165, 1.54) is 18.2 Å². The highest BCUT2D eigenvalue weighted by molar-refractivity contribution is 9.10. The number of carboxylic acid groups (broad SMARTS) is 1. The van der Waals surface area contributed by atoms with Crippen LogP contribution in [0.25, 0.3) is 0 Å². The first-order valence-electron chi connectivity index (χ1n) is 5.74. The summed E-state index contributed by atoms with van der Waals surface area (Å²) in [6.07, 6.45) is 0. The molecule has 2 aromatic rings. The number of nitrogen functional groups attached to an aromatic ring is 1. The van der Waals surface area contributed by atoms with Crippen molar-refractivity contribution in [2.75, 3.05) is 11.1 Å². The van der Waals surface area contributed by atoms with Gasteiger partial charge in [-0.1, -0.05) is 0 Å². The van der Waals surface area contributed by atoms with Gasteiger partial charge in [-0.15, -0.1) is 0 Å². The van der Waals surface area contributed by atoms with E-state index in [0.717, 1.165) is 0 Å². The highest BCUT2D eigenvalue weighted by Gasteiger charge is 2.10. The second-order valence-corrected chi connectivity index (χ2v) is 5.17. The maximum absolute atomic E-state index is 13.4. The Morgan fingerprint density at radius 1 is 1.35 bits per heavy atom. The Bertz CT molecular complexity index is 689. The minimum Gasteiger partial charge on any atom is -0.478 e. The van der Waals surface area contributed by atoms with Crippen molar-refractivity contribution in [3.05, 3.63) is 51.7 Å². The summed E-state index contributed by atoms with van der Waals surface area (Å²) in [6, 6.07) is 7.61. The van der Waals surface area contributed by atoms with Crippen LogP contribution in [0, 0.1) is 12.7 Å². The van der Waals surface area contributed by atoms with Crippen LogP contribution in [0.2, 0.25) is 0 Å². The maximum atomic E-state index is 13.4. The first kappa shape index (κ1) is 14.3. The number of carbonyl (C=O) groups is 1. The number of nitrogens with two attached hydrogens (primary N) is 1. The molecule has 0 aliphatic rings. The van der Waals surface area contributed by atoms with Crippen molar-refractivity contribution in [1.29, 1.82) is 0 Å². The summed E-state index contributed by atoms with van der Waals surface area (Å²) in [5.41, 5.74) is 7.76. The van der Waals surface area contributed by atoms with Crippen LogP contribution >= 0.6 is 15.9 Å². The predicted octanol–water partition coefficient (Wildman–Crippen LogP) is 3.92. The molecule has 0 heterocycles. The predicted molar refractivity (Wildman–Crippen MR) is 79.9 cm³/mol. The summed E-state index contributed by atoms with van der Waals surface area (Å²) in [7, 11) is 0. The largest absolute Gasteiger partial charge is 0.478 e. The van der Waals surface area contributed by atoms with Crippen LogP contribution in [-0.2, 0) is 0 Å². The van der Waals surface area contributed by atoms with E-state index in [-0.39, 0.29) is 17.1 Å². The zero-order valence-electron chi connectivity index (χ0n) is 10.6. The van der Waals surface area contributed by atoms with Crippen LogP contribution in [0.3, 0.4) is 0 Å². The smallest absolute Gasteiger partial charge is 0.337 e. The van der Waals surface area contributed by atoms with Gasteiger partial charge < -0.3 is 16.2 Å². The van der Waals surface area contributed by atoms with E-state index in [1.807, 2.05) is 0 Å². The lowest BCUT2D eigenvalue weighted by molar-refractivity contribution is 0.0698. The van der Waals surface area contributed by atoms with Gasteiger partial charge in [-0.25, -0.2) is 9.18 Å². The van der Waals surface area contributed by atoms with E-state index in [1.54, 1.807) is 19.1 Å². The molecule has 104 valence electrons. The number of hydrogen-bond donors (Lipinski definition) is 3. The number of anilines is 3. The molecular formula is C14H12BrFN2O2. The molecule has 0 radical (unpaired) electrons. The number of carboxylic acids is 1. The Morgan fingerprint density at radius 3 is 2.70 bits per heavy atom. The first-order valence-corrected chi connectivity index (χ1v) is 6.53. The lowest BCUT2D eigenvalue weighted by Gasteiger charge is -2.12. The Morgan fingerprint density at radius 2 is 2.05 bits per heavy atom. The molecule has 6 heteroatoms. The lowest BCUT2D eigenvalue weighted by atomic mass is 10.1. The standard InChI is InChI=1S/C14H12BrFN2O2/c1-7-4-11(16)10(15)6-13(7)18-8-2-3-12(17)9(5-8)14(19)20/h2-6,18H,17H2,1H3,(H,19,20). The van der Waals surface area contributed by atoms with Crippen molar-refractivity contribution in [3.8, 4) is 0 Å². The number of rotatable bonds is 3. The first-order chi connectivity index (χ1) is 9.38. The van der Waals surface area contributed by atoms with E-state index in [0.29, 0.717) is 21.4 Å². The quantitative estimate of drug-likeness (QED) is 0.741. The summed E-state index contributed by atoms with van der Waals surface area (Å²) in [6.45, 7) is 1.76. The normalized spacial score (nSPS) is 10.3. The summed E-state index contributed by atoms with van der Waals surface area (Å²) >= 11 is 3.11. The maximum Gasteiger partial charge on any atom is 0.337 e. The fraction of sp³-hybridized carbons (Fsp3) is 0.0714. The molecule has 0 aliphatic carbocycles.